The molecule has 0 amide bonds. The monoisotopic (exact) mass is 235 g/mol. The maximum absolute atomic E-state index is 9.93. The Bertz CT molecular complexity index is 301. The van der Waals surface area contributed by atoms with Gasteiger partial charge in [-0.05, 0) is 12.8 Å². The van der Waals surface area contributed by atoms with Crippen molar-refractivity contribution in [2.75, 3.05) is 11.9 Å². The molecule has 0 aromatic carbocycles. The van der Waals surface area contributed by atoms with E-state index >= 15 is 0 Å². The summed E-state index contributed by atoms with van der Waals surface area (Å²) < 4.78 is 7.77. The van der Waals surface area contributed by atoms with Gasteiger partial charge in [-0.3, -0.25) is 0 Å². The summed E-state index contributed by atoms with van der Waals surface area (Å²) in [7, 11) is 0. The molecule has 2 N–H and O–H groups in total. The molecule has 0 saturated heterocycles. The molecular weight excluding hydrogens is 222 g/mol. The standard InChI is InChI=1S/C8H14ClN3OS/c1-5(2)8(3,13)4-10-7-6(9)11-14-12-7/h5,13H,4H2,1-3H3,(H,10,12). The number of nitrogens with one attached hydrogen (secondary N) is 1. The molecule has 6 heteroatoms. The number of aliphatic hydroxyl groups is 1. The van der Waals surface area contributed by atoms with Crippen LogP contribution in [-0.4, -0.2) is 26.0 Å². The first kappa shape index (κ1) is 11.7. The van der Waals surface area contributed by atoms with Crippen LogP contribution in [0, 0.1) is 5.92 Å². The number of halogens is 1. The van der Waals surface area contributed by atoms with Crippen molar-refractivity contribution < 1.29 is 5.11 Å². The Balaban J connectivity index is 2.53. The molecule has 0 spiro atoms. The fraction of sp³-hybridized carbons (Fsp3) is 0.750. The lowest BCUT2D eigenvalue weighted by Crippen LogP contribution is -2.38. The Labute approximate surface area is 92.6 Å². The van der Waals surface area contributed by atoms with Crippen LogP contribution in [0.5, 0.6) is 0 Å². The Morgan fingerprint density at radius 2 is 2.21 bits per heavy atom. The minimum absolute atomic E-state index is 0.167. The molecule has 1 rings (SSSR count). The summed E-state index contributed by atoms with van der Waals surface area (Å²) in [6.45, 7) is 6.11. The summed E-state index contributed by atoms with van der Waals surface area (Å²) in [5.74, 6) is 0.706. The molecule has 0 aliphatic rings. The van der Waals surface area contributed by atoms with Gasteiger partial charge in [-0.1, -0.05) is 25.4 Å². The van der Waals surface area contributed by atoms with Crippen LogP contribution in [0.2, 0.25) is 5.15 Å². The molecule has 0 aliphatic carbocycles. The maximum Gasteiger partial charge on any atom is 0.186 e. The molecular formula is C8H14ClN3OS. The van der Waals surface area contributed by atoms with Gasteiger partial charge in [-0.15, -0.1) is 0 Å². The highest BCUT2D eigenvalue weighted by Gasteiger charge is 2.25. The summed E-state index contributed by atoms with van der Waals surface area (Å²) in [6.07, 6.45) is 0. The van der Waals surface area contributed by atoms with Crippen LogP contribution in [0.4, 0.5) is 5.82 Å². The van der Waals surface area contributed by atoms with Gasteiger partial charge in [0, 0.05) is 6.54 Å². The highest BCUT2D eigenvalue weighted by atomic mass is 35.5. The van der Waals surface area contributed by atoms with Crippen molar-refractivity contribution in [2.24, 2.45) is 5.92 Å². The van der Waals surface area contributed by atoms with E-state index in [1.807, 2.05) is 13.8 Å². The average Bonchev–Trinajstić information content (AvgIpc) is 2.47. The maximum atomic E-state index is 9.93. The lowest BCUT2D eigenvalue weighted by molar-refractivity contribution is 0.0266. The lowest BCUT2D eigenvalue weighted by Gasteiger charge is -2.27. The minimum Gasteiger partial charge on any atom is -0.388 e. The second-order valence-electron chi connectivity index (χ2n) is 3.77. The van der Waals surface area contributed by atoms with Crippen molar-refractivity contribution in [3.05, 3.63) is 5.15 Å². The van der Waals surface area contributed by atoms with Gasteiger partial charge < -0.3 is 10.4 Å². The van der Waals surface area contributed by atoms with Crippen LogP contribution in [0.1, 0.15) is 20.8 Å². The number of hydrogen-bond acceptors (Lipinski definition) is 5. The van der Waals surface area contributed by atoms with Crippen molar-refractivity contribution in [2.45, 2.75) is 26.4 Å². The van der Waals surface area contributed by atoms with Gasteiger partial charge in [0.2, 0.25) is 0 Å². The summed E-state index contributed by atoms with van der Waals surface area (Å²) in [5.41, 5.74) is -0.771. The zero-order valence-electron chi connectivity index (χ0n) is 8.41. The van der Waals surface area contributed by atoms with Gasteiger partial charge in [-0.2, -0.15) is 8.75 Å². The molecule has 1 aromatic rings. The van der Waals surface area contributed by atoms with E-state index in [4.69, 9.17) is 11.6 Å². The molecule has 0 radical (unpaired) electrons. The number of hydrogen-bond donors (Lipinski definition) is 2. The van der Waals surface area contributed by atoms with E-state index in [0.717, 1.165) is 11.7 Å². The lowest BCUT2D eigenvalue weighted by atomic mass is 9.93. The molecule has 0 fully saturated rings. The zero-order chi connectivity index (χ0) is 10.8. The fourth-order valence-corrected chi connectivity index (χ4v) is 1.43. The number of aromatic nitrogens is 2. The van der Waals surface area contributed by atoms with Gasteiger partial charge in [0.05, 0.1) is 17.3 Å². The number of rotatable bonds is 4. The number of anilines is 1. The van der Waals surface area contributed by atoms with E-state index in [1.165, 1.54) is 0 Å². The summed E-state index contributed by atoms with van der Waals surface area (Å²) in [6, 6.07) is 0. The Morgan fingerprint density at radius 1 is 1.57 bits per heavy atom. The summed E-state index contributed by atoms with van der Waals surface area (Å²) >= 11 is 6.79. The first-order valence-electron chi connectivity index (χ1n) is 4.38. The van der Waals surface area contributed by atoms with Gasteiger partial charge in [0.15, 0.2) is 11.0 Å². The van der Waals surface area contributed by atoms with E-state index in [9.17, 15) is 5.11 Å². The predicted octanol–water partition coefficient (Wildman–Crippen LogP) is 2.01. The van der Waals surface area contributed by atoms with Crippen LogP contribution in [0.3, 0.4) is 0 Å². The fourth-order valence-electron chi connectivity index (χ4n) is 0.750. The predicted molar refractivity (Wildman–Crippen MR) is 58.9 cm³/mol. The van der Waals surface area contributed by atoms with E-state index in [0.29, 0.717) is 17.5 Å². The van der Waals surface area contributed by atoms with Crippen LogP contribution >= 0.6 is 23.3 Å². The average molecular weight is 236 g/mol. The first-order valence-corrected chi connectivity index (χ1v) is 5.48. The minimum atomic E-state index is -0.771. The highest BCUT2D eigenvalue weighted by Crippen LogP contribution is 2.21. The van der Waals surface area contributed by atoms with E-state index in [-0.39, 0.29) is 5.92 Å². The second-order valence-corrected chi connectivity index (χ2v) is 4.66. The Morgan fingerprint density at radius 3 is 2.64 bits per heavy atom. The van der Waals surface area contributed by atoms with Gasteiger partial charge >= 0.3 is 0 Å². The van der Waals surface area contributed by atoms with Crippen LogP contribution in [-0.2, 0) is 0 Å². The third-order valence-corrected chi connectivity index (χ3v) is 3.20. The molecule has 4 nitrogen and oxygen atoms in total. The molecule has 1 aromatic heterocycles. The first-order chi connectivity index (χ1) is 6.43. The molecule has 0 saturated carbocycles. The Kier molecular flexibility index (Phi) is 3.69. The van der Waals surface area contributed by atoms with Crippen molar-refractivity contribution in [3.8, 4) is 0 Å². The van der Waals surface area contributed by atoms with E-state index in [1.54, 1.807) is 6.92 Å². The molecule has 14 heavy (non-hydrogen) atoms. The SMILES string of the molecule is CC(C)C(C)(O)CNc1nsnc1Cl. The topological polar surface area (TPSA) is 58.0 Å². The van der Waals surface area contributed by atoms with Gasteiger partial charge in [0.1, 0.15) is 0 Å². The van der Waals surface area contributed by atoms with Crippen LogP contribution < -0.4 is 5.32 Å². The van der Waals surface area contributed by atoms with E-state index in [2.05, 4.69) is 14.1 Å². The third kappa shape index (κ3) is 2.80. The van der Waals surface area contributed by atoms with Crippen molar-refractivity contribution in [3.63, 3.8) is 0 Å². The summed E-state index contributed by atoms with van der Waals surface area (Å²) in [5, 5.41) is 13.3. The summed E-state index contributed by atoms with van der Waals surface area (Å²) in [4.78, 5) is 0. The Hall–Kier alpha value is -0.390. The molecule has 0 bridgehead atoms. The smallest absolute Gasteiger partial charge is 0.186 e. The zero-order valence-corrected chi connectivity index (χ0v) is 9.98. The molecule has 80 valence electrons. The van der Waals surface area contributed by atoms with Crippen molar-refractivity contribution >= 4 is 29.1 Å². The van der Waals surface area contributed by atoms with Crippen LogP contribution in [0.15, 0.2) is 0 Å². The van der Waals surface area contributed by atoms with Crippen molar-refractivity contribution in [1.82, 2.24) is 8.75 Å². The van der Waals surface area contributed by atoms with Gasteiger partial charge in [-0.25, -0.2) is 0 Å². The van der Waals surface area contributed by atoms with Gasteiger partial charge in [0.25, 0.3) is 0 Å². The molecule has 1 unspecified atom stereocenters. The largest absolute Gasteiger partial charge is 0.388 e. The number of nitrogens with zero attached hydrogens (tertiary/aromatic N) is 2. The normalized spacial score (nSPS) is 15.6. The third-order valence-electron chi connectivity index (χ3n) is 2.31. The van der Waals surface area contributed by atoms with Crippen LogP contribution in [0.25, 0.3) is 0 Å². The quantitative estimate of drug-likeness (QED) is 0.838. The molecule has 1 heterocycles. The molecule has 1 atom stereocenters. The van der Waals surface area contributed by atoms with E-state index < -0.39 is 5.60 Å². The highest BCUT2D eigenvalue weighted by molar-refractivity contribution is 6.99. The molecule has 0 aliphatic heterocycles. The second kappa shape index (κ2) is 4.42. The van der Waals surface area contributed by atoms with Crippen molar-refractivity contribution in [1.29, 1.82) is 0 Å².